The van der Waals surface area contributed by atoms with Crippen molar-refractivity contribution in [1.82, 2.24) is 10.3 Å². The van der Waals surface area contributed by atoms with Crippen LogP contribution in [0.3, 0.4) is 0 Å². The van der Waals surface area contributed by atoms with Crippen LogP contribution in [0.5, 0.6) is 5.75 Å². The molecule has 1 aliphatic carbocycles. The summed E-state index contributed by atoms with van der Waals surface area (Å²) in [5, 5.41) is 13.0. The number of fused-ring (bicyclic) bond motifs is 1. The Kier molecular flexibility index (Phi) is 5.19. The van der Waals surface area contributed by atoms with Gasteiger partial charge < -0.3 is 15.2 Å². The van der Waals surface area contributed by atoms with Crippen LogP contribution in [0.1, 0.15) is 39.3 Å². The van der Waals surface area contributed by atoms with Gasteiger partial charge in [0.05, 0.1) is 17.7 Å². The molecular weight excluding hydrogens is 417 g/mol. The fourth-order valence-electron chi connectivity index (χ4n) is 3.32. The number of benzene rings is 1. The van der Waals surface area contributed by atoms with E-state index >= 15 is 0 Å². The number of rotatable bonds is 6. The minimum absolute atomic E-state index is 0.0665. The lowest BCUT2D eigenvalue weighted by atomic mass is 10.1. The number of hydrogen-bond donors (Lipinski definition) is 2. The Labute approximate surface area is 174 Å². The van der Waals surface area contributed by atoms with E-state index in [4.69, 9.17) is 4.74 Å². The SMILES string of the molecule is Cc1sc2ccc(OCc3cccnc3C(F)(F)F)cc2c1C(=O)NC1(CO)CC1. The van der Waals surface area contributed by atoms with Gasteiger partial charge in [-0.1, -0.05) is 6.07 Å². The molecule has 0 spiro atoms. The zero-order chi connectivity index (χ0) is 21.5. The Morgan fingerprint density at radius 3 is 2.77 bits per heavy atom. The van der Waals surface area contributed by atoms with Crippen molar-refractivity contribution >= 4 is 27.3 Å². The molecule has 3 aromatic rings. The number of aromatic nitrogens is 1. The highest BCUT2D eigenvalue weighted by molar-refractivity contribution is 7.19. The van der Waals surface area contributed by atoms with Crippen molar-refractivity contribution in [2.75, 3.05) is 6.61 Å². The van der Waals surface area contributed by atoms with Crippen molar-refractivity contribution in [3.63, 3.8) is 0 Å². The number of hydrogen-bond acceptors (Lipinski definition) is 5. The summed E-state index contributed by atoms with van der Waals surface area (Å²) >= 11 is 1.45. The molecule has 2 N–H and O–H groups in total. The van der Waals surface area contributed by atoms with E-state index in [2.05, 4.69) is 10.3 Å². The van der Waals surface area contributed by atoms with E-state index in [1.165, 1.54) is 23.5 Å². The first-order chi connectivity index (χ1) is 14.2. The molecule has 1 fully saturated rings. The van der Waals surface area contributed by atoms with Gasteiger partial charge in [0, 0.05) is 26.7 Å². The lowest BCUT2D eigenvalue weighted by Gasteiger charge is -2.15. The summed E-state index contributed by atoms with van der Waals surface area (Å²) in [5.41, 5.74) is -1.09. The fourth-order valence-corrected chi connectivity index (χ4v) is 4.36. The number of halogens is 3. The number of aliphatic hydroxyl groups is 1. The van der Waals surface area contributed by atoms with Crippen LogP contribution in [-0.2, 0) is 12.8 Å². The first kappa shape index (κ1) is 20.6. The largest absolute Gasteiger partial charge is 0.489 e. The second-order valence-corrected chi connectivity index (χ2v) is 8.64. The first-order valence-corrected chi connectivity index (χ1v) is 10.1. The molecule has 30 heavy (non-hydrogen) atoms. The highest BCUT2D eigenvalue weighted by Gasteiger charge is 2.44. The van der Waals surface area contributed by atoms with Crippen LogP contribution in [0.2, 0.25) is 0 Å². The Morgan fingerprint density at radius 2 is 2.10 bits per heavy atom. The second kappa shape index (κ2) is 7.55. The number of nitrogens with zero attached hydrogens (tertiary/aromatic N) is 1. The van der Waals surface area contributed by atoms with E-state index in [1.807, 2.05) is 6.92 Å². The van der Waals surface area contributed by atoms with Crippen LogP contribution in [0.4, 0.5) is 13.2 Å². The molecule has 0 saturated heterocycles. The number of ether oxygens (including phenoxy) is 1. The monoisotopic (exact) mass is 436 g/mol. The average Bonchev–Trinajstić information content (AvgIpc) is 3.39. The predicted molar refractivity (Wildman–Crippen MR) is 107 cm³/mol. The lowest BCUT2D eigenvalue weighted by Crippen LogP contribution is -2.39. The molecule has 0 aliphatic heterocycles. The zero-order valence-corrected chi connectivity index (χ0v) is 16.9. The number of pyridine rings is 1. The van der Waals surface area contributed by atoms with Crippen LogP contribution < -0.4 is 10.1 Å². The van der Waals surface area contributed by atoms with Crippen molar-refractivity contribution in [2.24, 2.45) is 0 Å². The summed E-state index contributed by atoms with van der Waals surface area (Å²) in [7, 11) is 0. The molecule has 0 bridgehead atoms. The number of thiophene rings is 1. The van der Waals surface area contributed by atoms with Crippen molar-refractivity contribution in [1.29, 1.82) is 0 Å². The van der Waals surface area contributed by atoms with Crippen molar-refractivity contribution in [3.05, 3.63) is 58.2 Å². The molecule has 1 saturated carbocycles. The third-order valence-corrected chi connectivity index (χ3v) is 6.24. The smallest absolute Gasteiger partial charge is 0.433 e. The minimum atomic E-state index is -4.56. The maximum Gasteiger partial charge on any atom is 0.433 e. The van der Waals surface area contributed by atoms with Gasteiger partial charge in [-0.15, -0.1) is 11.3 Å². The first-order valence-electron chi connectivity index (χ1n) is 9.33. The lowest BCUT2D eigenvalue weighted by molar-refractivity contribution is -0.142. The van der Waals surface area contributed by atoms with Gasteiger partial charge >= 0.3 is 6.18 Å². The topological polar surface area (TPSA) is 71.5 Å². The molecule has 0 unspecified atom stereocenters. The Balaban J connectivity index is 1.59. The Hall–Kier alpha value is -2.65. The summed E-state index contributed by atoms with van der Waals surface area (Å²) in [4.78, 5) is 17.1. The number of aryl methyl sites for hydroxylation is 1. The number of carbonyl (C=O) groups excluding carboxylic acids is 1. The molecule has 0 radical (unpaired) electrons. The van der Waals surface area contributed by atoms with Gasteiger partial charge in [-0.2, -0.15) is 13.2 Å². The van der Waals surface area contributed by atoms with Gasteiger partial charge in [0.15, 0.2) is 5.69 Å². The highest BCUT2D eigenvalue weighted by Crippen LogP contribution is 2.38. The number of carbonyl (C=O) groups is 1. The van der Waals surface area contributed by atoms with Gasteiger partial charge in [0.2, 0.25) is 0 Å². The van der Waals surface area contributed by atoms with Crippen molar-refractivity contribution < 1.29 is 27.8 Å². The number of amides is 1. The minimum Gasteiger partial charge on any atom is -0.489 e. The van der Waals surface area contributed by atoms with E-state index in [0.29, 0.717) is 16.7 Å². The van der Waals surface area contributed by atoms with Gasteiger partial charge in [-0.3, -0.25) is 9.78 Å². The van der Waals surface area contributed by atoms with E-state index in [1.54, 1.807) is 18.2 Å². The third-order valence-electron chi connectivity index (χ3n) is 5.15. The number of nitrogens with one attached hydrogen (secondary N) is 1. The Morgan fingerprint density at radius 1 is 1.33 bits per heavy atom. The molecule has 1 aromatic carbocycles. The third kappa shape index (κ3) is 3.99. The summed E-state index contributed by atoms with van der Waals surface area (Å²) in [6, 6.07) is 7.87. The Bertz CT molecular complexity index is 1110. The average molecular weight is 436 g/mol. The van der Waals surface area contributed by atoms with Crippen LogP contribution in [0.25, 0.3) is 10.1 Å². The maximum absolute atomic E-state index is 13.1. The van der Waals surface area contributed by atoms with Gasteiger partial charge in [0.1, 0.15) is 12.4 Å². The molecule has 9 heteroatoms. The van der Waals surface area contributed by atoms with Gasteiger partial charge in [-0.05, 0) is 44.0 Å². The molecule has 2 heterocycles. The summed E-state index contributed by atoms with van der Waals surface area (Å²) in [6.45, 7) is 1.43. The quantitative estimate of drug-likeness (QED) is 0.599. The molecule has 5 nitrogen and oxygen atoms in total. The van der Waals surface area contributed by atoms with Crippen molar-refractivity contribution in [2.45, 2.75) is 38.1 Å². The normalized spacial score (nSPS) is 15.2. The molecule has 2 aromatic heterocycles. The van der Waals surface area contributed by atoms with Crippen LogP contribution in [-0.4, -0.2) is 28.1 Å². The van der Waals surface area contributed by atoms with E-state index in [9.17, 15) is 23.1 Å². The molecule has 4 rings (SSSR count). The maximum atomic E-state index is 13.1. The van der Waals surface area contributed by atoms with Crippen LogP contribution in [0.15, 0.2) is 36.5 Å². The van der Waals surface area contributed by atoms with Crippen LogP contribution >= 0.6 is 11.3 Å². The predicted octanol–water partition coefficient (Wildman–Crippen LogP) is 4.46. The summed E-state index contributed by atoms with van der Waals surface area (Å²) in [5.74, 6) is 0.0867. The molecule has 1 amide bonds. The van der Waals surface area contributed by atoms with E-state index in [0.717, 1.165) is 28.6 Å². The molecule has 1 aliphatic rings. The highest BCUT2D eigenvalue weighted by atomic mass is 32.1. The molecule has 158 valence electrons. The van der Waals surface area contributed by atoms with Gasteiger partial charge in [0.25, 0.3) is 5.91 Å². The van der Waals surface area contributed by atoms with Crippen LogP contribution in [0, 0.1) is 6.92 Å². The standard InChI is InChI=1S/C21H19F3N2O3S/c1-12-17(19(28)26-20(11-27)6-7-20)15-9-14(4-5-16(15)30-12)29-10-13-3-2-8-25-18(13)21(22,23)24/h2-5,8-9,27H,6-7,10-11H2,1H3,(H,26,28). The summed E-state index contributed by atoms with van der Waals surface area (Å²) in [6.07, 6.45) is -2.00. The summed E-state index contributed by atoms with van der Waals surface area (Å²) < 4.78 is 45.8. The molecule has 0 atom stereocenters. The number of aliphatic hydroxyl groups excluding tert-OH is 1. The molecular formula is C21H19F3N2O3S. The fraction of sp³-hybridized carbons (Fsp3) is 0.333. The van der Waals surface area contributed by atoms with E-state index < -0.39 is 17.4 Å². The van der Waals surface area contributed by atoms with E-state index in [-0.39, 0.29) is 24.7 Å². The number of alkyl halides is 3. The zero-order valence-electron chi connectivity index (χ0n) is 16.0. The second-order valence-electron chi connectivity index (χ2n) is 7.38. The van der Waals surface area contributed by atoms with Gasteiger partial charge in [-0.25, -0.2) is 0 Å². The van der Waals surface area contributed by atoms with Crippen molar-refractivity contribution in [3.8, 4) is 5.75 Å².